The molecule has 0 radical (unpaired) electrons. The minimum atomic E-state index is -0.636. The van der Waals surface area contributed by atoms with Crippen molar-refractivity contribution < 1.29 is 28.9 Å². The van der Waals surface area contributed by atoms with Crippen molar-refractivity contribution in [1.29, 1.82) is 0 Å². The number of nitrogens with one attached hydrogen (secondary N) is 2. The molecule has 0 saturated carbocycles. The van der Waals surface area contributed by atoms with Gasteiger partial charge in [-0.2, -0.15) is 0 Å². The summed E-state index contributed by atoms with van der Waals surface area (Å²) in [4.78, 5) is 31.7. The predicted octanol–water partition coefficient (Wildman–Crippen LogP) is 1.41. The van der Waals surface area contributed by atoms with Crippen molar-refractivity contribution in [2.45, 2.75) is 6.61 Å². The van der Waals surface area contributed by atoms with Gasteiger partial charge in [-0.3, -0.25) is 20.6 Å². The highest BCUT2D eigenvalue weighted by Gasteiger charge is 2.19. The Morgan fingerprint density at radius 3 is 2.25 bits per heavy atom. The lowest BCUT2D eigenvalue weighted by atomic mass is 10.0. The van der Waals surface area contributed by atoms with Crippen LogP contribution >= 0.6 is 0 Å². The van der Waals surface area contributed by atoms with Crippen molar-refractivity contribution in [3.05, 3.63) is 59.9 Å². The van der Waals surface area contributed by atoms with Gasteiger partial charge in [0.15, 0.2) is 11.4 Å². The fourth-order valence-corrected chi connectivity index (χ4v) is 2.07. The first kappa shape index (κ1) is 22.7. The van der Waals surface area contributed by atoms with Gasteiger partial charge in [-0.1, -0.05) is 47.7 Å². The van der Waals surface area contributed by atoms with Gasteiger partial charge in [0.2, 0.25) is 0 Å². The molecule has 0 bridgehead atoms. The number of benzene rings is 1. The molecule has 0 atom stereocenters. The first-order valence-corrected chi connectivity index (χ1v) is 7.94. The third kappa shape index (κ3) is 6.41. The average molecular weight is 392 g/mol. The lowest BCUT2D eigenvalue weighted by molar-refractivity contribution is -0.132. The first-order chi connectivity index (χ1) is 13.5. The number of esters is 1. The number of oxime groups is 2. The molecular weight excluding hydrogens is 368 g/mol. The second-order valence-electron chi connectivity index (χ2n) is 5.05. The first-order valence-electron chi connectivity index (χ1n) is 7.94. The van der Waals surface area contributed by atoms with E-state index in [4.69, 9.17) is 24.1 Å². The van der Waals surface area contributed by atoms with Crippen LogP contribution in [0.2, 0.25) is 0 Å². The van der Waals surface area contributed by atoms with Gasteiger partial charge < -0.3 is 14.4 Å². The van der Waals surface area contributed by atoms with E-state index >= 15 is 0 Å². The molecule has 0 amide bonds. The van der Waals surface area contributed by atoms with Crippen LogP contribution in [0.15, 0.2) is 59.1 Å². The SMILES string of the molecule is C=C(NOC)C(=NOC)C(=C)NOCc1ccccc1C(=NOC)C(=O)OC. The van der Waals surface area contributed by atoms with Crippen molar-refractivity contribution in [3.8, 4) is 0 Å². The lowest BCUT2D eigenvalue weighted by Crippen LogP contribution is -2.27. The van der Waals surface area contributed by atoms with Gasteiger partial charge in [-0.05, 0) is 5.56 Å². The summed E-state index contributed by atoms with van der Waals surface area (Å²) in [5.74, 6) is -0.636. The van der Waals surface area contributed by atoms with E-state index in [9.17, 15) is 4.79 Å². The van der Waals surface area contributed by atoms with Crippen LogP contribution in [-0.4, -0.2) is 45.8 Å². The second kappa shape index (κ2) is 12.1. The summed E-state index contributed by atoms with van der Waals surface area (Å²) < 4.78 is 4.75. The highest BCUT2D eigenvalue weighted by atomic mass is 16.6. The zero-order chi connectivity index (χ0) is 20.9. The van der Waals surface area contributed by atoms with E-state index in [1.54, 1.807) is 24.3 Å². The van der Waals surface area contributed by atoms with Crippen molar-refractivity contribution in [3.63, 3.8) is 0 Å². The van der Waals surface area contributed by atoms with E-state index in [-0.39, 0.29) is 23.7 Å². The van der Waals surface area contributed by atoms with Crippen LogP contribution in [-0.2, 0) is 35.5 Å². The summed E-state index contributed by atoms with van der Waals surface area (Å²) in [7, 11) is 5.41. The van der Waals surface area contributed by atoms with E-state index in [0.717, 1.165) is 0 Å². The second-order valence-corrected chi connectivity index (χ2v) is 5.05. The van der Waals surface area contributed by atoms with Gasteiger partial charge in [-0.25, -0.2) is 4.79 Å². The molecule has 0 aliphatic carbocycles. The molecule has 1 rings (SSSR count). The molecule has 0 unspecified atom stereocenters. The van der Waals surface area contributed by atoms with Gasteiger partial charge >= 0.3 is 5.97 Å². The molecule has 152 valence electrons. The topological polar surface area (TPSA) is 112 Å². The van der Waals surface area contributed by atoms with Crippen molar-refractivity contribution in [2.24, 2.45) is 10.3 Å². The van der Waals surface area contributed by atoms with Gasteiger partial charge in [0.1, 0.15) is 20.8 Å². The number of carbonyl (C=O) groups is 1. The van der Waals surface area contributed by atoms with E-state index in [0.29, 0.717) is 16.8 Å². The Kier molecular flexibility index (Phi) is 9.79. The van der Waals surface area contributed by atoms with Gasteiger partial charge in [0.25, 0.3) is 0 Å². The number of methoxy groups -OCH3 is 1. The highest BCUT2D eigenvalue weighted by molar-refractivity contribution is 6.43. The Morgan fingerprint density at radius 2 is 1.64 bits per heavy atom. The maximum absolute atomic E-state index is 12.0. The molecule has 28 heavy (non-hydrogen) atoms. The largest absolute Gasteiger partial charge is 0.464 e. The zero-order valence-corrected chi connectivity index (χ0v) is 16.3. The van der Waals surface area contributed by atoms with Gasteiger partial charge in [-0.15, -0.1) is 0 Å². The quantitative estimate of drug-likeness (QED) is 0.312. The summed E-state index contributed by atoms with van der Waals surface area (Å²) in [6.45, 7) is 7.64. The molecule has 0 heterocycles. The zero-order valence-electron chi connectivity index (χ0n) is 16.3. The molecule has 1 aromatic carbocycles. The van der Waals surface area contributed by atoms with Crippen LogP contribution in [0, 0.1) is 0 Å². The molecular formula is C18H24N4O6. The molecule has 1 aromatic rings. The Balaban J connectivity index is 2.90. The minimum Gasteiger partial charge on any atom is -0.464 e. The summed E-state index contributed by atoms with van der Waals surface area (Å²) >= 11 is 0. The fraction of sp³-hybridized carbons (Fsp3) is 0.278. The van der Waals surface area contributed by atoms with Crippen molar-refractivity contribution >= 4 is 17.4 Å². The van der Waals surface area contributed by atoms with Crippen LogP contribution in [0.1, 0.15) is 11.1 Å². The van der Waals surface area contributed by atoms with E-state index < -0.39 is 5.97 Å². The number of rotatable bonds is 12. The molecule has 0 aliphatic rings. The Morgan fingerprint density at radius 1 is 1.00 bits per heavy atom. The maximum Gasteiger partial charge on any atom is 0.360 e. The van der Waals surface area contributed by atoms with Crippen molar-refractivity contribution in [2.75, 3.05) is 28.4 Å². The molecule has 10 nitrogen and oxygen atoms in total. The Labute approximate surface area is 163 Å². The summed E-state index contributed by atoms with van der Waals surface area (Å²) in [5.41, 5.74) is 7.19. The van der Waals surface area contributed by atoms with E-state index in [2.05, 4.69) is 34.4 Å². The van der Waals surface area contributed by atoms with Gasteiger partial charge in [0.05, 0.1) is 25.6 Å². The maximum atomic E-state index is 12.0. The number of hydrogen-bond donors (Lipinski definition) is 2. The monoisotopic (exact) mass is 392 g/mol. The molecule has 0 aromatic heterocycles. The number of hydroxylamine groups is 2. The van der Waals surface area contributed by atoms with Crippen LogP contribution in [0.4, 0.5) is 0 Å². The van der Waals surface area contributed by atoms with E-state index in [1.807, 2.05) is 0 Å². The average Bonchev–Trinajstić information content (AvgIpc) is 2.70. The van der Waals surface area contributed by atoms with Crippen LogP contribution in [0.3, 0.4) is 0 Å². The third-order valence-electron chi connectivity index (χ3n) is 3.24. The molecule has 10 heteroatoms. The molecule has 0 fully saturated rings. The van der Waals surface area contributed by atoms with Crippen LogP contribution < -0.4 is 11.0 Å². The smallest absolute Gasteiger partial charge is 0.360 e. The Hall–Kier alpha value is -3.37. The molecule has 0 spiro atoms. The summed E-state index contributed by atoms with van der Waals surface area (Å²) in [5, 5.41) is 7.55. The number of ether oxygens (including phenoxy) is 1. The number of nitrogens with zero attached hydrogens (tertiary/aromatic N) is 2. The Bertz CT molecular complexity index is 760. The lowest BCUT2D eigenvalue weighted by Gasteiger charge is -2.15. The molecule has 0 aliphatic heterocycles. The highest BCUT2D eigenvalue weighted by Crippen LogP contribution is 2.13. The van der Waals surface area contributed by atoms with Crippen molar-refractivity contribution in [1.82, 2.24) is 11.0 Å². The predicted molar refractivity (Wildman–Crippen MR) is 103 cm³/mol. The number of carbonyl (C=O) groups excluding carboxylic acids is 1. The minimum absolute atomic E-state index is 0.0160. The summed E-state index contributed by atoms with van der Waals surface area (Å²) in [6.07, 6.45) is 0. The summed E-state index contributed by atoms with van der Waals surface area (Å²) in [6, 6.07) is 7.01. The standard InChI is InChI=1S/C18H24N4O6/c1-12(19-25-4)16(21-26-5)13(2)20-28-11-14-9-7-8-10-15(14)17(22-27-6)18(23)24-3/h7-10,19-20H,1-2,11H2,3-6H3. The van der Waals surface area contributed by atoms with Gasteiger partial charge in [0, 0.05) is 5.56 Å². The third-order valence-corrected chi connectivity index (χ3v) is 3.24. The van der Waals surface area contributed by atoms with Crippen LogP contribution in [0.5, 0.6) is 0 Å². The fourth-order valence-electron chi connectivity index (χ4n) is 2.07. The number of hydrogen-bond acceptors (Lipinski definition) is 10. The van der Waals surface area contributed by atoms with E-state index in [1.165, 1.54) is 28.4 Å². The normalized spacial score (nSPS) is 11.4. The molecule has 2 N–H and O–H groups in total. The molecule has 0 saturated heterocycles. The van der Waals surface area contributed by atoms with Crippen LogP contribution in [0.25, 0.3) is 0 Å².